The molecule has 0 atom stereocenters. The molecule has 0 saturated carbocycles. The van der Waals surface area contributed by atoms with Crippen LogP contribution in [0.3, 0.4) is 0 Å². The summed E-state index contributed by atoms with van der Waals surface area (Å²) in [5, 5.41) is 5.23. The van der Waals surface area contributed by atoms with E-state index in [-0.39, 0.29) is 6.61 Å². The summed E-state index contributed by atoms with van der Waals surface area (Å²) < 4.78 is 11.0. The Morgan fingerprint density at radius 3 is 2.70 bits per heavy atom. The Balaban J connectivity index is 1.54. The summed E-state index contributed by atoms with van der Waals surface area (Å²) in [4.78, 5) is 11.8. The number of carbonyl (C=O) groups is 1. The minimum atomic E-state index is -0.458. The predicted molar refractivity (Wildman–Crippen MR) is 107 cm³/mol. The molecule has 27 heavy (non-hydrogen) atoms. The lowest BCUT2D eigenvalue weighted by Crippen LogP contribution is -2.24. The first kappa shape index (κ1) is 19.3. The van der Waals surface area contributed by atoms with Crippen LogP contribution in [-0.2, 0) is 4.79 Å². The topological polar surface area (TPSA) is 63.8 Å². The zero-order valence-electron chi connectivity index (χ0n) is 13.8. The molecule has 138 valence electrons. The van der Waals surface area contributed by atoms with Gasteiger partial charge in [0.05, 0.1) is 16.3 Å². The van der Waals surface area contributed by atoms with Crippen LogP contribution < -0.4 is 10.2 Å². The highest BCUT2D eigenvalue weighted by Gasteiger charge is 2.08. The zero-order valence-corrected chi connectivity index (χ0v) is 16.1. The van der Waals surface area contributed by atoms with Gasteiger partial charge in [-0.1, -0.05) is 46.9 Å². The maximum atomic E-state index is 11.8. The van der Waals surface area contributed by atoms with Crippen LogP contribution in [0.15, 0.2) is 64.1 Å². The van der Waals surface area contributed by atoms with Crippen LogP contribution in [-0.4, -0.2) is 18.7 Å². The van der Waals surface area contributed by atoms with Gasteiger partial charge in [0.25, 0.3) is 5.91 Å². The molecule has 0 saturated heterocycles. The number of ether oxygens (including phenoxy) is 1. The maximum Gasteiger partial charge on any atom is 0.277 e. The Morgan fingerprint density at radius 2 is 1.89 bits per heavy atom. The van der Waals surface area contributed by atoms with Crippen LogP contribution in [0, 0.1) is 0 Å². The van der Waals surface area contributed by atoms with Gasteiger partial charge in [-0.3, -0.25) is 4.79 Å². The number of rotatable bonds is 6. The van der Waals surface area contributed by atoms with Crippen molar-refractivity contribution in [1.29, 1.82) is 0 Å². The van der Waals surface area contributed by atoms with Crippen molar-refractivity contribution in [2.45, 2.75) is 0 Å². The molecule has 8 heteroatoms. The molecule has 2 aromatic carbocycles. The van der Waals surface area contributed by atoms with Gasteiger partial charge in [0, 0.05) is 16.7 Å². The second-order valence-corrected chi connectivity index (χ2v) is 6.59. The van der Waals surface area contributed by atoms with E-state index in [1.807, 2.05) is 18.2 Å². The van der Waals surface area contributed by atoms with Crippen molar-refractivity contribution in [3.05, 3.63) is 75.4 Å². The molecule has 1 aromatic heterocycles. The fraction of sp³-hybridized carbons (Fsp3) is 0.0526. The van der Waals surface area contributed by atoms with Crippen LogP contribution in [0.25, 0.3) is 11.3 Å². The molecule has 0 spiro atoms. The van der Waals surface area contributed by atoms with E-state index >= 15 is 0 Å². The lowest BCUT2D eigenvalue weighted by Gasteiger charge is -2.07. The monoisotopic (exact) mass is 422 g/mol. The molecule has 1 N–H and O–H groups in total. The first-order valence-corrected chi connectivity index (χ1v) is 8.91. The van der Waals surface area contributed by atoms with Crippen molar-refractivity contribution in [1.82, 2.24) is 5.43 Å². The fourth-order valence-electron chi connectivity index (χ4n) is 2.16. The molecule has 3 rings (SSSR count). The van der Waals surface area contributed by atoms with Gasteiger partial charge in [0.15, 0.2) is 6.61 Å². The van der Waals surface area contributed by atoms with Gasteiger partial charge in [-0.05, 0) is 36.4 Å². The minimum absolute atomic E-state index is 0.263. The van der Waals surface area contributed by atoms with E-state index < -0.39 is 5.91 Å². The van der Waals surface area contributed by atoms with Gasteiger partial charge in [-0.25, -0.2) is 5.43 Å². The van der Waals surface area contributed by atoms with Gasteiger partial charge in [-0.2, -0.15) is 5.10 Å². The van der Waals surface area contributed by atoms with E-state index in [2.05, 4.69) is 10.5 Å². The van der Waals surface area contributed by atoms with Crippen molar-refractivity contribution in [2.24, 2.45) is 5.10 Å². The molecule has 0 aliphatic carbocycles. The molecule has 3 aromatic rings. The second-order valence-electron chi connectivity index (χ2n) is 5.34. The first-order chi connectivity index (χ1) is 13.0. The van der Waals surface area contributed by atoms with E-state index in [0.717, 1.165) is 5.56 Å². The minimum Gasteiger partial charge on any atom is -0.482 e. The molecule has 5 nitrogen and oxygen atoms in total. The number of hydrogen-bond donors (Lipinski definition) is 1. The molecule has 1 amide bonds. The summed E-state index contributed by atoms with van der Waals surface area (Å²) in [7, 11) is 0. The molecule has 0 aliphatic rings. The number of hydrazone groups is 1. The summed E-state index contributed by atoms with van der Waals surface area (Å²) in [6.45, 7) is -0.263. The Bertz CT molecular complexity index is 986. The van der Waals surface area contributed by atoms with Crippen molar-refractivity contribution < 1.29 is 13.9 Å². The molecule has 0 unspecified atom stereocenters. The number of nitrogens with zero attached hydrogens (tertiary/aromatic N) is 1. The number of benzene rings is 2. The average Bonchev–Trinajstić information content (AvgIpc) is 3.11. The van der Waals surface area contributed by atoms with Crippen LogP contribution in [0.1, 0.15) is 5.76 Å². The highest BCUT2D eigenvalue weighted by molar-refractivity contribution is 6.34. The Kier molecular flexibility index (Phi) is 6.40. The molecule has 0 fully saturated rings. The summed E-state index contributed by atoms with van der Waals surface area (Å²) in [5.74, 6) is 0.926. The van der Waals surface area contributed by atoms with Gasteiger partial charge < -0.3 is 9.15 Å². The lowest BCUT2D eigenvalue weighted by atomic mass is 10.2. The van der Waals surface area contributed by atoms with Crippen LogP contribution in [0.5, 0.6) is 5.75 Å². The number of furan rings is 1. The summed E-state index contributed by atoms with van der Waals surface area (Å²) in [6, 6.07) is 15.6. The number of nitrogens with one attached hydrogen (secondary N) is 1. The Morgan fingerprint density at radius 1 is 1.07 bits per heavy atom. The first-order valence-electron chi connectivity index (χ1n) is 7.77. The van der Waals surface area contributed by atoms with E-state index in [1.54, 1.807) is 30.3 Å². The normalized spacial score (nSPS) is 10.9. The van der Waals surface area contributed by atoms with Gasteiger partial charge >= 0.3 is 0 Å². The Labute approximate surface area is 170 Å². The fourth-order valence-corrected chi connectivity index (χ4v) is 2.72. The standard InChI is InChI=1S/C19H13Cl3N2O3/c20-12-5-7-16(22)18(9-12)26-11-19(25)24-23-10-13-6-8-17(27-13)14-3-1-2-4-15(14)21/h1-10H,11H2,(H,24,25)/b23-10-. The van der Waals surface area contributed by atoms with Crippen molar-refractivity contribution in [3.63, 3.8) is 0 Å². The van der Waals surface area contributed by atoms with E-state index in [0.29, 0.717) is 32.3 Å². The number of amides is 1. The number of hydrogen-bond acceptors (Lipinski definition) is 4. The van der Waals surface area contributed by atoms with Gasteiger partial charge in [0.1, 0.15) is 17.3 Å². The third-order valence-corrected chi connectivity index (χ3v) is 4.28. The van der Waals surface area contributed by atoms with Crippen LogP contribution in [0.4, 0.5) is 0 Å². The van der Waals surface area contributed by atoms with E-state index in [4.69, 9.17) is 44.0 Å². The predicted octanol–water partition coefficient (Wildman–Crippen LogP) is 5.44. The molecular formula is C19H13Cl3N2O3. The van der Waals surface area contributed by atoms with E-state index in [9.17, 15) is 4.79 Å². The highest BCUT2D eigenvalue weighted by Crippen LogP contribution is 2.29. The lowest BCUT2D eigenvalue weighted by molar-refractivity contribution is -0.123. The summed E-state index contributed by atoms with van der Waals surface area (Å²) in [5.41, 5.74) is 3.11. The quantitative estimate of drug-likeness (QED) is 0.424. The summed E-state index contributed by atoms with van der Waals surface area (Å²) >= 11 is 18.0. The molecule has 1 heterocycles. The van der Waals surface area contributed by atoms with Gasteiger partial charge in [-0.15, -0.1) is 0 Å². The molecular weight excluding hydrogens is 411 g/mol. The average molecular weight is 424 g/mol. The van der Waals surface area contributed by atoms with Crippen LogP contribution in [0.2, 0.25) is 15.1 Å². The van der Waals surface area contributed by atoms with Crippen molar-refractivity contribution in [2.75, 3.05) is 6.61 Å². The SMILES string of the molecule is O=C(COc1cc(Cl)ccc1Cl)N/N=C\c1ccc(-c2ccccc2Cl)o1. The third kappa shape index (κ3) is 5.26. The highest BCUT2D eigenvalue weighted by atomic mass is 35.5. The van der Waals surface area contributed by atoms with E-state index in [1.165, 1.54) is 12.3 Å². The van der Waals surface area contributed by atoms with Crippen LogP contribution >= 0.6 is 34.8 Å². The van der Waals surface area contributed by atoms with Crippen molar-refractivity contribution >= 4 is 46.9 Å². The van der Waals surface area contributed by atoms with Crippen molar-refractivity contribution in [3.8, 4) is 17.1 Å². The third-order valence-electron chi connectivity index (χ3n) is 3.40. The van der Waals surface area contributed by atoms with Gasteiger partial charge in [0.2, 0.25) is 0 Å². The molecule has 0 aliphatic heterocycles. The Hall–Kier alpha value is -2.47. The smallest absolute Gasteiger partial charge is 0.277 e. The zero-order chi connectivity index (χ0) is 19.2. The second kappa shape index (κ2) is 8.95. The number of carbonyl (C=O) groups excluding carboxylic acids is 1. The largest absolute Gasteiger partial charge is 0.482 e. The maximum absolute atomic E-state index is 11.8. The number of halogens is 3. The summed E-state index contributed by atoms with van der Waals surface area (Å²) in [6.07, 6.45) is 1.38. The molecule has 0 radical (unpaired) electrons. The molecule has 0 bridgehead atoms.